The standard InChI is InChI=1S/C15H19N3O3S/c1-10-13(22-15(16)18-10)9-14(19)17-7-8-21-12-5-3-11(20-2)4-6-12/h3-6H,7-9H2,1-2H3,(H2,16,18)(H,17,19). The van der Waals surface area contributed by atoms with E-state index in [1.54, 1.807) is 7.11 Å². The number of nitrogens with one attached hydrogen (secondary N) is 1. The van der Waals surface area contributed by atoms with Gasteiger partial charge in [0.25, 0.3) is 0 Å². The molecule has 1 aromatic carbocycles. The average Bonchev–Trinajstić information content (AvgIpc) is 2.82. The van der Waals surface area contributed by atoms with E-state index in [4.69, 9.17) is 15.2 Å². The van der Waals surface area contributed by atoms with E-state index in [-0.39, 0.29) is 5.91 Å². The second-order valence-corrected chi connectivity index (χ2v) is 5.73. The number of methoxy groups -OCH3 is 1. The zero-order valence-electron chi connectivity index (χ0n) is 12.6. The molecule has 3 N–H and O–H groups in total. The first-order valence-electron chi connectivity index (χ1n) is 6.84. The van der Waals surface area contributed by atoms with Crippen LogP contribution in [0.4, 0.5) is 5.13 Å². The summed E-state index contributed by atoms with van der Waals surface area (Å²) in [6.45, 7) is 2.70. The maximum Gasteiger partial charge on any atom is 0.225 e. The highest BCUT2D eigenvalue weighted by Gasteiger charge is 2.10. The number of hydrogen-bond acceptors (Lipinski definition) is 6. The van der Waals surface area contributed by atoms with Gasteiger partial charge in [-0.2, -0.15) is 0 Å². The highest BCUT2D eigenvalue weighted by molar-refractivity contribution is 7.15. The normalized spacial score (nSPS) is 10.3. The van der Waals surface area contributed by atoms with E-state index in [0.717, 1.165) is 22.1 Å². The summed E-state index contributed by atoms with van der Waals surface area (Å²) in [5.74, 6) is 1.45. The number of aryl methyl sites for hydroxylation is 1. The second-order valence-electron chi connectivity index (χ2n) is 4.61. The van der Waals surface area contributed by atoms with E-state index < -0.39 is 0 Å². The largest absolute Gasteiger partial charge is 0.497 e. The number of thiazole rings is 1. The monoisotopic (exact) mass is 321 g/mol. The summed E-state index contributed by atoms with van der Waals surface area (Å²) >= 11 is 1.34. The lowest BCUT2D eigenvalue weighted by atomic mass is 10.3. The number of nitrogen functional groups attached to an aromatic ring is 1. The molecule has 0 atom stereocenters. The lowest BCUT2D eigenvalue weighted by Gasteiger charge is -2.08. The summed E-state index contributed by atoms with van der Waals surface area (Å²) in [6, 6.07) is 7.30. The van der Waals surface area contributed by atoms with Gasteiger partial charge in [-0.25, -0.2) is 4.98 Å². The molecule has 0 unspecified atom stereocenters. The number of benzene rings is 1. The van der Waals surface area contributed by atoms with Crippen LogP contribution in [0.15, 0.2) is 24.3 Å². The molecule has 2 rings (SSSR count). The Bertz CT molecular complexity index is 625. The number of anilines is 1. The van der Waals surface area contributed by atoms with Crippen molar-refractivity contribution < 1.29 is 14.3 Å². The Morgan fingerprint density at radius 1 is 1.32 bits per heavy atom. The fourth-order valence-corrected chi connectivity index (χ4v) is 2.69. The SMILES string of the molecule is COc1ccc(OCCNC(=O)Cc2sc(N)nc2C)cc1. The first kappa shape index (κ1) is 16.1. The molecule has 22 heavy (non-hydrogen) atoms. The summed E-state index contributed by atoms with van der Waals surface area (Å²) in [5.41, 5.74) is 6.42. The van der Waals surface area contributed by atoms with Gasteiger partial charge in [-0.15, -0.1) is 11.3 Å². The van der Waals surface area contributed by atoms with Gasteiger partial charge in [0.2, 0.25) is 5.91 Å². The number of aromatic nitrogens is 1. The highest BCUT2D eigenvalue weighted by Crippen LogP contribution is 2.20. The third-order valence-corrected chi connectivity index (χ3v) is 3.97. The lowest BCUT2D eigenvalue weighted by molar-refractivity contribution is -0.120. The smallest absolute Gasteiger partial charge is 0.225 e. The number of hydrogen-bond donors (Lipinski definition) is 2. The van der Waals surface area contributed by atoms with E-state index in [1.807, 2.05) is 31.2 Å². The predicted molar refractivity (Wildman–Crippen MR) is 86.5 cm³/mol. The summed E-state index contributed by atoms with van der Waals surface area (Å²) in [6.07, 6.45) is 0.295. The van der Waals surface area contributed by atoms with Crippen molar-refractivity contribution in [2.75, 3.05) is 26.0 Å². The molecule has 0 aliphatic rings. The van der Waals surface area contributed by atoms with Gasteiger partial charge in [-0.3, -0.25) is 4.79 Å². The third-order valence-electron chi connectivity index (χ3n) is 2.98. The van der Waals surface area contributed by atoms with Gasteiger partial charge in [0.15, 0.2) is 5.13 Å². The van der Waals surface area contributed by atoms with Crippen LogP contribution in [0.5, 0.6) is 11.5 Å². The van der Waals surface area contributed by atoms with Gasteiger partial charge in [0.1, 0.15) is 18.1 Å². The molecule has 1 heterocycles. The van der Waals surface area contributed by atoms with E-state index in [1.165, 1.54) is 11.3 Å². The van der Waals surface area contributed by atoms with Crippen LogP contribution in [0.25, 0.3) is 0 Å². The number of ether oxygens (including phenoxy) is 2. The molecule has 118 valence electrons. The second kappa shape index (κ2) is 7.65. The Labute approximate surface area is 133 Å². The van der Waals surface area contributed by atoms with E-state index in [0.29, 0.717) is 24.7 Å². The summed E-state index contributed by atoms with van der Waals surface area (Å²) in [7, 11) is 1.61. The number of nitrogens with zero attached hydrogens (tertiary/aromatic N) is 1. The summed E-state index contributed by atoms with van der Waals surface area (Å²) in [4.78, 5) is 16.8. The Kier molecular flexibility index (Phi) is 5.60. The molecule has 0 saturated heterocycles. The number of rotatable bonds is 7. The zero-order chi connectivity index (χ0) is 15.9. The molecule has 2 aromatic rings. The van der Waals surface area contributed by atoms with Crippen LogP contribution in [-0.4, -0.2) is 31.2 Å². The van der Waals surface area contributed by atoms with Gasteiger partial charge in [-0.1, -0.05) is 0 Å². The van der Waals surface area contributed by atoms with Crippen molar-refractivity contribution in [3.63, 3.8) is 0 Å². The van der Waals surface area contributed by atoms with Gasteiger partial charge in [0.05, 0.1) is 25.8 Å². The van der Waals surface area contributed by atoms with Crippen molar-refractivity contribution in [1.82, 2.24) is 10.3 Å². The molecule has 0 bridgehead atoms. The van der Waals surface area contributed by atoms with Gasteiger partial charge >= 0.3 is 0 Å². The minimum atomic E-state index is -0.0647. The quantitative estimate of drug-likeness (QED) is 0.759. The Hall–Kier alpha value is -2.28. The van der Waals surface area contributed by atoms with Crippen LogP contribution in [0.3, 0.4) is 0 Å². The molecule has 0 aliphatic heterocycles. The molecule has 6 nitrogen and oxygen atoms in total. The molecule has 0 saturated carbocycles. The Morgan fingerprint density at radius 2 is 2.00 bits per heavy atom. The van der Waals surface area contributed by atoms with Crippen LogP contribution < -0.4 is 20.5 Å². The van der Waals surface area contributed by atoms with Crippen molar-refractivity contribution in [2.24, 2.45) is 0 Å². The first-order valence-corrected chi connectivity index (χ1v) is 7.65. The van der Waals surface area contributed by atoms with E-state index in [2.05, 4.69) is 10.3 Å². The molecule has 7 heteroatoms. The molecule has 0 spiro atoms. The van der Waals surface area contributed by atoms with Crippen LogP contribution in [-0.2, 0) is 11.2 Å². The number of carbonyl (C=O) groups excluding carboxylic acids is 1. The summed E-state index contributed by atoms with van der Waals surface area (Å²) in [5, 5.41) is 3.30. The fourth-order valence-electron chi connectivity index (χ4n) is 1.85. The molecular weight excluding hydrogens is 302 g/mol. The molecule has 0 fully saturated rings. The topological polar surface area (TPSA) is 86.5 Å². The number of carbonyl (C=O) groups is 1. The summed E-state index contributed by atoms with van der Waals surface area (Å²) < 4.78 is 10.6. The third kappa shape index (κ3) is 4.63. The van der Waals surface area contributed by atoms with Gasteiger partial charge < -0.3 is 20.5 Å². The number of nitrogens with two attached hydrogens (primary N) is 1. The average molecular weight is 321 g/mol. The van der Waals surface area contributed by atoms with Crippen LogP contribution in [0.1, 0.15) is 10.6 Å². The van der Waals surface area contributed by atoms with E-state index in [9.17, 15) is 4.79 Å². The maximum absolute atomic E-state index is 11.8. The lowest BCUT2D eigenvalue weighted by Crippen LogP contribution is -2.29. The maximum atomic E-state index is 11.8. The first-order chi connectivity index (χ1) is 10.6. The predicted octanol–water partition coefficient (Wildman–Crippen LogP) is 1.78. The molecule has 0 aliphatic carbocycles. The Balaban J connectivity index is 1.69. The highest BCUT2D eigenvalue weighted by atomic mass is 32.1. The minimum absolute atomic E-state index is 0.0647. The Morgan fingerprint density at radius 3 is 2.59 bits per heavy atom. The molecular formula is C15H19N3O3S. The van der Waals surface area contributed by atoms with E-state index >= 15 is 0 Å². The van der Waals surface area contributed by atoms with Crippen LogP contribution in [0, 0.1) is 6.92 Å². The fraction of sp³-hybridized carbons (Fsp3) is 0.333. The van der Waals surface area contributed by atoms with Crippen molar-refractivity contribution in [1.29, 1.82) is 0 Å². The van der Waals surface area contributed by atoms with Crippen molar-refractivity contribution >= 4 is 22.4 Å². The van der Waals surface area contributed by atoms with Gasteiger partial charge in [-0.05, 0) is 31.2 Å². The van der Waals surface area contributed by atoms with Crippen LogP contribution >= 0.6 is 11.3 Å². The molecule has 1 amide bonds. The van der Waals surface area contributed by atoms with Crippen LogP contribution in [0.2, 0.25) is 0 Å². The van der Waals surface area contributed by atoms with Crippen molar-refractivity contribution in [2.45, 2.75) is 13.3 Å². The van der Waals surface area contributed by atoms with Gasteiger partial charge in [0, 0.05) is 4.88 Å². The number of amides is 1. The van der Waals surface area contributed by atoms with Crippen molar-refractivity contribution in [3.8, 4) is 11.5 Å². The zero-order valence-corrected chi connectivity index (χ0v) is 13.4. The minimum Gasteiger partial charge on any atom is -0.497 e. The molecule has 1 aromatic heterocycles. The van der Waals surface area contributed by atoms with Crippen molar-refractivity contribution in [3.05, 3.63) is 34.8 Å². The molecule has 0 radical (unpaired) electrons.